The van der Waals surface area contributed by atoms with Crippen molar-refractivity contribution in [3.8, 4) is 12.3 Å². The zero-order chi connectivity index (χ0) is 16.2. The van der Waals surface area contributed by atoms with Crippen LogP contribution < -0.4 is 5.32 Å². The highest BCUT2D eigenvalue weighted by atomic mass is 16.5. The van der Waals surface area contributed by atoms with Gasteiger partial charge in [0.25, 0.3) is 0 Å². The van der Waals surface area contributed by atoms with Gasteiger partial charge in [-0.3, -0.25) is 4.79 Å². The molecule has 0 radical (unpaired) electrons. The van der Waals surface area contributed by atoms with Gasteiger partial charge in [0.2, 0.25) is 5.91 Å². The second kappa shape index (κ2) is 10.8. The summed E-state index contributed by atoms with van der Waals surface area (Å²) < 4.78 is 10.2. The van der Waals surface area contributed by atoms with Crippen LogP contribution in [0.1, 0.15) is 25.0 Å². The van der Waals surface area contributed by atoms with Gasteiger partial charge >= 0.3 is 0 Å². The largest absolute Gasteiger partial charge is 0.369 e. The fourth-order valence-corrected chi connectivity index (χ4v) is 1.93. The van der Waals surface area contributed by atoms with Gasteiger partial charge in [-0.15, -0.1) is 6.42 Å². The van der Waals surface area contributed by atoms with Crippen LogP contribution in [0.2, 0.25) is 0 Å². The van der Waals surface area contributed by atoms with Crippen LogP contribution in [0.5, 0.6) is 0 Å². The minimum Gasteiger partial charge on any atom is -0.369 e. The summed E-state index contributed by atoms with van der Waals surface area (Å²) in [6.45, 7) is 5.97. The van der Waals surface area contributed by atoms with Gasteiger partial charge in [0, 0.05) is 6.54 Å². The van der Waals surface area contributed by atoms with Gasteiger partial charge in [-0.2, -0.15) is 0 Å². The van der Waals surface area contributed by atoms with Crippen molar-refractivity contribution in [3.63, 3.8) is 0 Å². The summed E-state index contributed by atoms with van der Waals surface area (Å²) in [5.74, 6) is 2.87. The van der Waals surface area contributed by atoms with Gasteiger partial charge in [0.15, 0.2) is 0 Å². The van der Waals surface area contributed by atoms with Crippen LogP contribution in [0.3, 0.4) is 0 Å². The van der Waals surface area contributed by atoms with E-state index >= 15 is 0 Å². The molecular weight excluding hydrogens is 278 g/mol. The van der Waals surface area contributed by atoms with Gasteiger partial charge in [-0.25, -0.2) is 0 Å². The summed E-state index contributed by atoms with van der Waals surface area (Å²) in [5.41, 5.74) is 2.40. The van der Waals surface area contributed by atoms with Gasteiger partial charge in [-0.05, 0) is 23.5 Å². The summed E-state index contributed by atoms with van der Waals surface area (Å²) in [6.07, 6.45) is 6.11. The summed E-state index contributed by atoms with van der Waals surface area (Å²) in [5, 5.41) is 2.82. The van der Waals surface area contributed by atoms with E-state index in [9.17, 15) is 4.79 Å². The van der Waals surface area contributed by atoms with E-state index in [4.69, 9.17) is 15.9 Å². The van der Waals surface area contributed by atoms with Gasteiger partial charge < -0.3 is 14.8 Å². The summed E-state index contributed by atoms with van der Waals surface area (Å²) in [4.78, 5) is 11.6. The number of carbonyl (C=O) groups excluding carboxylic acids is 1. The fraction of sp³-hybridized carbons (Fsp3) is 0.500. The summed E-state index contributed by atoms with van der Waals surface area (Å²) >= 11 is 0. The Balaban J connectivity index is 2.17. The summed E-state index contributed by atoms with van der Waals surface area (Å²) in [6, 6.07) is 8.32. The molecule has 4 heteroatoms. The minimum atomic E-state index is -0.136. The number of terminal acetylenes is 1. The van der Waals surface area contributed by atoms with Crippen molar-refractivity contribution in [1.29, 1.82) is 0 Å². The minimum absolute atomic E-state index is 0.0326. The number of nitrogens with one attached hydrogen (secondary N) is 1. The number of hydrogen-bond acceptors (Lipinski definition) is 3. The van der Waals surface area contributed by atoms with Crippen molar-refractivity contribution < 1.29 is 14.3 Å². The first-order chi connectivity index (χ1) is 10.6. The van der Waals surface area contributed by atoms with Crippen LogP contribution in [0, 0.1) is 18.3 Å². The second-order valence-electron chi connectivity index (χ2n) is 5.50. The Morgan fingerprint density at radius 2 is 1.82 bits per heavy atom. The lowest BCUT2D eigenvalue weighted by Gasteiger charge is -2.08. The van der Waals surface area contributed by atoms with E-state index in [-0.39, 0.29) is 19.1 Å². The lowest BCUT2D eigenvalue weighted by Crippen LogP contribution is -2.27. The molecule has 0 atom stereocenters. The first-order valence-corrected chi connectivity index (χ1v) is 7.55. The van der Waals surface area contributed by atoms with Gasteiger partial charge in [-0.1, -0.05) is 44.0 Å². The molecule has 0 aliphatic rings. The maximum atomic E-state index is 11.6. The summed E-state index contributed by atoms with van der Waals surface area (Å²) in [7, 11) is 0. The zero-order valence-electron chi connectivity index (χ0n) is 13.4. The first kappa shape index (κ1) is 18.2. The van der Waals surface area contributed by atoms with E-state index in [0.29, 0.717) is 25.7 Å². The van der Waals surface area contributed by atoms with Crippen LogP contribution in [0.4, 0.5) is 0 Å². The lowest BCUT2D eigenvalue weighted by atomic mass is 10.0. The molecule has 0 fully saturated rings. The second-order valence-corrected chi connectivity index (χ2v) is 5.50. The van der Waals surface area contributed by atoms with Crippen LogP contribution >= 0.6 is 0 Å². The van der Waals surface area contributed by atoms with Crippen LogP contribution in [-0.4, -0.2) is 32.3 Å². The van der Waals surface area contributed by atoms with Crippen molar-refractivity contribution in [1.82, 2.24) is 5.32 Å². The Hall–Kier alpha value is -1.83. The molecule has 120 valence electrons. The van der Waals surface area contributed by atoms with Crippen molar-refractivity contribution in [2.24, 2.45) is 5.92 Å². The Kier molecular flexibility index (Phi) is 8.97. The Bertz CT molecular complexity index is 474. The molecule has 22 heavy (non-hydrogen) atoms. The number of amides is 1. The predicted octanol–water partition coefficient (Wildman–Crippen LogP) is 2.17. The maximum absolute atomic E-state index is 11.6. The first-order valence-electron chi connectivity index (χ1n) is 7.55. The van der Waals surface area contributed by atoms with Crippen molar-refractivity contribution in [3.05, 3.63) is 35.4 Å². The number of hydrogen-bond donors (Lipinski definition) is 1. The molecule has 0 saturated carbocycles. The molecule has 1 aromatic rings. The highest BCUT2D eigenvalue weighted by Gasteiger charge is 2.02. The third-order valence-electron chi connectivity index (χ3n) is 2.95. The molecule has 0 spiro atoms. The van der Waals surface area contributed by atoms with E-state index in [1.54, 1.807) is 0 Å². The number of ether oxygens (including phenoxy) is 2. The molecular formula is C18H25NO3. The van der Waals surface area contributed by atoms with Crippen LogP contribution in [0.15, 0.2) is 24.3 Å². The topological polar surface area (TPSA) is 47.6 Å². The van der Waals surface area contributed by atoms with E-state index in [2.05, 4.69) is 37.2 Å². The predicted molar refractivity (Wildman–Crippen MR) is 87.3 cm³/mol. The highest BCUT2D eigenvalue weighted by molar-refractivity contribution is 5.77. The molecule has 1 N–H and O–H groups in total. The molecule has 0 aromatic heterocycles. The number of carbonyl (C=O) groups is 1. The molecule has 0 saturated heterocycles. The Morgan fingerprint density at radius 1 is 1.18 bits per heavy atom. The molecule has 0 aliphatic heterocycles. The Morgan fingerprint density at radius 3 is 2.45 bits per heavy atom. The third kappa shape index (κ3) is 8.46. The van der Waals surface area contributed by atoms with Crippen molar-refractivity contribution in [2.75, 3.05) is 26.4 Å². The van der Waals surface area contributed by atoms with E-state index in [0.717, 1.165) is 12.0 Å². The van der Waals surface area contributed by atoms with Gasteiger partial charge in [0.1, 0.15) is 13.2 Å². The van der Waals surface area contributed by atoms with Crippen molar-refractivity contribution >= 4 is 5.91 Å². The fourth-order valence-electron chi connectivity index (χ4n) is 1.93. The molecule has 0 bridgehead atoms. The zero-order valence-corrected chi connectivity index (χ0v) is 13.4. The monoisotopic (exact) mass is 303 g/mol. The molecule has 4 nitrogen and oxygen atoms in total. The van der Waals surface area contributed by atoms with Gasteiger partial charge in [0.05, 0.1) is 13.2 Å². The highest BCUT2D eigenvalue weighted by Crippen LogP contribution is 2.09. The van der Waals surface area contributed by atoms with Crippen LogP contribution in [-0.2, 0) is 27.2 Å². The number of benzene rings is 1. The molecule has 1 aromatic carbocycles. The Labute approximate surface area is 133 Å². The molecule has 0 unspecified atom stereocenters. The van der Waals surface area contributed by atoms with E-state index in [1.165, 1.54) is 5.56 Å². The average molecular weight is 303 g/mol. The molecule has 1 rings (SSSR count). The normalized spacial score (nSPS) is 10.5. The standard InChI is InChI=1S/C18H25NO3/c1-4-9-21-10-11-22-14-18(20)19-13-17-7-5-16(6-8-17)12-15(2)3/h1,5-8,15H,9-14H2,2-3H3,(H,19,20). The molecule has 1 amide bonds. The van der Waals surface area contributed by atoms with E-state index in [1.807, 2.05) is 12.1 Å². The van der Waals surface area contributed by atoms with Crippen molar-refractivity contribution in [2.45, 2.75) is 26.8 Å². The molecule has 0 heterocycles. The lowest BCUT2D eigenvalue weighted by molar-refractivity contribution is -0.126. The number of rotatable bonds is 10. The smallest absolute Gasteiger partial charge is 0.246 e. The maximum Gasteiger partial charge on any atom is 0.246 e. The van der Waals surface area contributed by atoms with Crippen LogP contribution in [0.25, 0.3) is 0 Å². The quantitative estimate of drug-likeness (QED) is 0.532. The van der Waals surface area contributed by atoms with E-state index < -0.39 is 0 Å². The average Bonchev–Trinajstić information content (AvgIpc) is 2.49. The molecule has 0 aliphatic carbocycles. The SMILES string of the molecule is C#CCOCCOCC(=O)NCc1ccc(CC(C)C)cc1. The third-order valence-corrected chi connectivity index (χ3v) is 2.95.